The molecule has 0 fully saturated rings. The first-order valence-corrected chi connectivity index (χ1v) is 7.77. The summed E-state index contributed by atoms with van der Waals surface area (Å²) in [5.74, 6) is 0. The lowest BCUT2D eigenvalue weighted by molar-refractivity contribution is -0.135. The van der Waals surface area contributed by atoms with Gasteiger partial charge in [-0.2, -0.15) is 18.4 Å². The molecule has 0 radical (unpaired) electrons. The molecule has 0 heterocycles. The van der Waals surface area contributed by atoms with E-state index in [0.29, 0.717) is 17.7 Å². The molecule has 122 valence electrons. The minimum atomic E-state index is -4.02. The van der Waals surface area contributed by atoms with Crippen LogP contribution in [0.4, 0.5) is 18.9 Å². The fourth-order valence-electron chi connectivity index (χ4n) is 2.45. The van der Waals surface area contributed by atoms with Crippen LogP contribution in [0.3, 0.4) is 0 Å². The van der Waals surface area contributed by atoms with Crippen LogP contribution in [0, 0.1) is 11.3 Å². The van der Waals surface area contributed by atoms with Crippen molar-refractivity contribution in [3.05, 3.63) is 29.3 Å². The Morgan fingerprint density at radius 2 is 1.55 bits per heavy atom. The van der Waals surface area contributed by atoms with Gasteiger partial charge < -0.3 is 5.73 Å². The molecule has 0 spiro atoms. The van der Waals surface area contributed by atoms with Crippen LogP contribution < -0.4 is 5.73 Å². The summed E-state index contributed by atoms with van der Waals surface area (Å²) in [7, 11) is 0. The third-order valence-corrected chi connectivity index (χ3v) is 3.66. The number of unbranched alkanes of at least 4 members (excludes halogenated alkanes) is 6. The SMILES string of the molecule is N#Cc1ccc(N)cc1CCCCCCCCCC(F)(F)F. The molecule has 0 unspecified atom stereocenters. The molecule has 0 aromatic heterocycles. The van der Waals surface area contributed by atoms with Crippen molar-refractivity contribution in [1.29, 1.82) is 5.26 Å². The van der Waals surface area contributed by atoms with Crippen molar-refractivity contribution in [1.82, 2.24) is 0 Å². The fourth-order valence-corrected chi connectivity index (χ4v) is 2.45. The molecule has 0 atom stereocenters. The first-order chi connectivity index (χ1) is 10.4. The third-order valence-electron chi connectivity index (χ3n) is 3.66. The Bertz CT molecular complexity index is 490. The molecule has 0 amide bonds. The summed E-state index contributed by atoms with van der Waals surface area (Å²) in [6.07, 6.45) is 1.87. The van der Waals surface area contributed by atoms with Crippen LogP contribution in [0.15, 0.2) is 18.2 Å². The van der Waals surface area contributed by atoms with E-state index in [1.807, 2.05) is 6.07 Å². The maximum absolute atomic E-state index is 12.0. The van der Waals surface area contributed by atoms with Gasteiger partial charge in [-0.25, -0.2) is 0 Å². The minimum absolute atomic E-state index is 0.234. The van der Waals surface area contributed by atoms with Gasteiger partial charge in [0.2, 0.25) is 0 Å². The van der Waals surface area contributed by atoms with Crippen molar-refractivity contribution in [3.63, 3.8) is 0 Å². The molecule has 5 heteroatoms. The summed E-state index contributed by atoms with van der Waals surface area (Å²) in [6, 6.07) is 7.47. The topological polar surface area (TPSA) is 49.8 Å². The van der Waals surface area contributed by atoms with Gasteiger partial charge in [0.25, 0.3) is 0 Å². The molecular weight excluding hydrogens is 289 g/mol. The van der Waals surface area contributed by atoms with E-state index < -0.39 is 12.6 Å². The number of hydrogen-bond donors (Lipinski definition) is 1. The Balaban J connectivity index is 2.09. The van der Waals surface area contributed by atoms with Crippen molar-refractivity contribution >= 4 is 5.69 Å². The Labute approximate surface area is 130 Å². The smallest absolute Gasteiger partial charge is 0.389 e. The molecule has 2 N–H and O–H groups in total. The van der Waals surface area contributed by atoms with Crippen LogP contribution in [0.2, 0.25) is 0 Å². The van der Waals surface area contributed by atoms with Crippen LogP contribution >= 0.6 is 0 Å². The van der Waals surface area contributed by atoms with E-state index in [9.17, 15) is 13.2 Å². The predicted octanol–water partition coefficient (Wildman–Crippen LogP) is 5.37. The maximum Gasteiger partial charge on any atom is 0.389 e. The largest absolute Gasteiger partial charge is 0.399 e. The van der Waals surface area contributed by atoms with Crippen LogP contribution in [0.25, 0.3) is 0 Å². The van der Waals surface area contributed by atoms with Gasteiger partial charge in [0.1, 0.15) is 0 Å². The predicted molar refractivity (Wildman–Crippen MR) is 82.3 cm³/mol. The Morgan fingerprint density at radius 1 is 0.955 bits per heavy atom. The zero-order valence-corrected chi connectivity index (χ0v) is 12.8. The molecule has 1 rings (SSSR count). The molecule has 0 saturated carbocycles. The van der Waals surface area contributed by atoms with Crippen LogP contribution in [-0.4, -0.2) is 6.18 Å². The number of anilines is 1. The molecule has 0 saturated heterocycles. The molecule has 1 aromatic carbocycles. The van der Waals surface area contributed by atoms with Crippen molar-refractivity contribution in [2.45, 2.75) is 64.0 Å². The average molecular weight is 312 g/mol. The van der Waals surface area contributed by atoms with E-state index in [0.717, 1.165) is 44.1 Å². The van der Waals surface area contributed by atoms with E-state index in [1.54, 1.807) is 12.1 Å². The lowest BCUT2D eigenvalue weighted by atomic mass is 10.00. The van der Waals surface area contributed by atoms with Crippen LogP contribution in [-0.2, 0) is 6.42 Å². The highest BCUT2D eigenvalue weighted by atomic mass is 19.4. The average Bonchev–Trinajstić information content (AvgIpc) is 2.44. The first kappa shape index (κ1) is 18.3. The van der Waals surface area contributed by atoms with Crippen LogP contribution in [0.5, 0.6) is 0 Å². The lowest BCUT2D eigenvalue weighted by Gasteiger charge is -2.06. The van der Waals surface area contributed by atoms with Crippen LogP contribution in [0.1, 0.15) is 62.5 Å². The number of nitrogens with zero attached hydrogens (tertiary/aromatic N) is 1. The Hall–Kier alpha value is -1.70. The Morgan fingerprint density at radius 3 is 2.14 bits per heavy atom. The van der Waals surface area contributed by atoms with Crippen molar-refractivity contribution in [2.24, 2.45) is 0 Å². The highest BCUT2D eigenvalue weighted by Crippen LogP contribution is 2.23. The van der Waals surface area contributed by atoms with Gasteiger partial charge in [0.05, 0.1) is 11.6 Å². The third kappa shape index (κ3) is 7.92. The van der Waals surface area contributed by atoms with Gasteiger partial charge in [-0.15, -0.1) is 0 Å². The van der Waals surface area contributed by atoms with Gasteiger partial charge in [0.15, 0.2) is 0 Å². The first-order valence-electron chi connectivity index (χ1n) is 7.77. The summed E-state index contributed by atoms with van der Waals surface area (Å²) < 4.78 is 35.9. The molecule has 1 aromatic rings. The molecule has 2 nitrogen and oxygen atoms in total. The number of rotatable bonds is 9. The molecule has 0 aliphatic rings. The van der Waals surface area contributed by atoms with Gasteiger partial charge in [-0.1, -0.05) is 32.1 Å². The summed E-state index contributed by atoms with van der Waals surface area (Å²) >= 11 is 0. The van der Waals surface area contributed by atoms with Crippen molar-refractivity contribution in [3.8, 4) is 6.07 Å². The molecule has 22 heavy (non-hydrogen) atoms. The van der Waals surface area contributed by atoms with E-state index >= 15 is 0 Å². The second-order valence-electron chi connectivity index (χ2n) is 5.62. The van der Waals surface area contributed by atoms with Crippen molar-refractivity contribution in [2.75, 3.05) is 5.73 Å². The summed E-state index contributed by atoms with van der Waals surface area (Å²) in [5, 5.41) is 9.02. The second kappa shape index (κ2) is 9.34. The minimum Gasteiger partial charge on any atom is -0.399 e. The highest BCUT2D eigenvalue weighted by Gasteiger charge is 2.25. The van der Waals surface area contributed by atoms with E-state index in [1.165, 1.54) is 0 Å². The molecule has 0 aliphatic carbocycles. The van der Waals surface area contributed by atoms with Crippen molar-refractivity contribution < 1.29 is 13.2 Å². The summed E-state index contributed by atoms with van der Waals surface area (Å²) in [4.78, 5) is 0. The maximum atomic E-state index is 12.0. The van der Waals surface area contributed by atoms with Gasteiger partial charge in [-0.3, -0.25) is 0 Å². The van der Waals surface area contributed by atoms with E-state index in [4.69, 9.17) is 11.0 Å². The fraction of sp³-hybridized carbons (Fsp3) is 0.588. The molecule has 0 aliphatic heterocycles. The monoisotopic (exact) mass is 312 g/mol. The number of nitrogen functional groups attached to an aromatic ring is 1. The number of aryl methyl sites for hydroxylation is 1. The lowest BCUT2D eigenvalue weighted by Crippen LogP contribution is -2.06. The number of benzene rings is 1. The number of nitriles is 1. The van der Waals surface area contributed by atoms with Gasteiger partial charge in [-0.05, 0) is 43.0 Å². The normalized spacial score (nSPS) is 11.4. The molecule has 0 bridgehead atoms. The van der Waals surface area contributed by atoms with E-state index in [2.05, 4.69) is 6.07 Å². The number of alkyl halides is 3. The second-order valence-corrected chi connectivity index (χ2v) is 5.62. The summed E-state index contributed by atoms with van der Waals surface area (Å²) in [5.41, 5.74) is 8.03. The Kier molecular flexibility index (Phi) is 7.79. The highest BCUT2D eigenvalue weighted by molar-refractivity contribution is 5.49. The zero-order valence-electron chi connectivity index (χ0n) is 12.8. The quantitative estimate of drug-likeness (QED) is 0.492. The zero-order chi connectivity index (χ0) is 16.4. The van der Waals surface area contributed by atoms with E-state index in [-0.39, 0.29) is 6.42 Å². The van der Waals surface area contributed by atoms with Gasteiger partial charge in [0, 0.05) is 12.1 Å². The summed E-state index contributed by atoms with van der Waals surface area (Å²) in [6.45, 7) is 0. The standard InChI is InChI=1S/C17H23F3N2/c18-17(19,20)11-7-5-3-1-2-4-6-8-14-12-16(22)10-9-15(14)13-21/h9-10,12H,1-8,11,22H2. The number of halogens is 3. The molecular formula is C17H23F3N2. The van der Waals surface area contributed by atoms with Gasteiger partial charge >= 0.3 is 6.18 Å². The number of nitrogens with two attached hydrogens (primary N) is 1. The number of hydrogen-bond acceptors (Lipinski definition) is 2.